The lowest BCUT2D eigenvalue weighted by Crippen LogP contribution is -2.17. The minimum atomic E-state index is -0.262. The van der Waals surface area contributed by atoms with Crippen LogP contribution in [0.5, 0.6) is 0 Å². The van der Waals surface area contributed by atoms with Crippen molar-refractivity contribution in [3.8, 4) is 17.2 Å². The highest BCUT2D eigenvalue weighted by Crippen LogP contribution is 2.26. The van der Waals surface area contributed by atoms with E-state index < -0.39 is 0 Å². The maximum atomic E-state index is 13.1. The number of nitrogens with one attached hydrogen (secondary N) is 1. The van der Waals surface area contributed by atoms with E-state index in [1.54, 1.807) is 29.2 Å². The molecule has 0 aliphatic carbocycles. The zero-order valence-corrected chi connectivity index (χ0v) is 18.0. The van der Waals surface area contributed by atoms with Gasteiger partial charge in [0.05, 0.1) is 22.6 Å². The smallest absolute Gasteiger partial charge is 0.258 e. The van der Waals surface area contributed by atoms with Crippen molar-refractivity contribution in [1.29, 1.82) is 0 Å². The molecule has 3 heterocycles. The number of aromatic nitrogens is 5. The third kappa shape index (κ3) is 4.35. The van der Waals surface area contributed by atoms with Crippen molar-refractivity contribution in [2.75, 3.05) is 5.32 Å². The highest BCUT2D eigenvalue weighted by atomic mass is 16.1. The summed E-state index contributed by atoms with van der Waals surface area (Å²) in [4.78, 5) is 26.3. The first-order valence-electron chi connectivity index (χ1n) is 10.1. The molecule has 1 amide bonds. The van der Waals surface area contributed by atoms with Crippen molar-refractivity contribution in [2.24, 2.45) is 0 Å². The summed E-state index contributed by atoms with van der Waals surface area (Å²) in [5.41, 5.74) is 3.60. The molecule has 0 bridgehead atoms. The largest absolute Gasteiger partial charge is 0.306 e. The van der Waals surface area contributed by atoms with Gasteiger partial charge in [0.2, 0.25) is 0 Å². The number of rotatable bonds is 4. The van der Waals surface area contributed by atoms with E-state index in [0.717, 1.165) is 17.0 Å². The Morgan fingerprint density at radius 2 is 1.68 bits per heavy atom. The van der Waals surface area contributed by atoms with E-state index in [4.69, 9.17) is 0 Å². The maximum Gasteiger partial charge on any atom is 0.258 e. The van der Waals surface area contributed by atoms with Crippen molar-refractivity contribution >= 4 is 11.7 Å². The highest BCUT2D eigenvalue weighted by Gasteiger charge is 2.23. The number of pyridine rings is 1. The van der Waals surface area contributed by atoms with Crippen LogP contribution in [0.3, 0.4) is 0 Å². The number of aryl methyl sites for hydroxylation is 1. The van der Waals surface area contributed by atoms with E-state index in [0.29, 0.717) is 23.0 Å². The molecule has 156 valence electrons. The number of carbonyl (C=O) groups is 1. The van der Waals surface area contributed by atoms with Gasteiger partial charge >= 0.3 is 0 Å². The summed E-state index contributed by atoms with van der Waals surface area (Å²) in [5, 5.41) is 7.60. The second kappa shape index (κ2) is 8.10. The Morgan fingerprint density at radius 1 is 0.968 bits per heavy atom. The second-order valence-corrected chi connectivity index (χ2v) is 8.28. The minimum Gasteiger partial charge on any atom is -0.306 e. The third-order valence-corrected chi connectivity index (χ3v) is 4.86. The van der Waals surface area contributed by atoms with Gasteiger partial charge in [0, 0.05) is 29.4 Å². The number of hydrogen-bond acceptors (Lipinski definition) is 5. The van der Waals surface area contributed by atoms with Gasteiger partial charge in [-0.3, -0.25) is 9.78 Å². The summed E-state index contributed by atoms with van der Waals surface area (Å²) in [5.74, 6) is 0.636. The molecule has 7 heteroatoms. The second-order valence-electron chi connectivity index (χ2n) is 8.28. The maximum absolute atomic E-state index is 13.1. The molecule has 0 unspecified atom stereocenters. The zero-order valence-electron chi connectivity index (χ0n) is 18.0. The average molecular weight is 412 g/mol. The van der Waals surface area contributed by atoms with Gasteiger partial charge in [0.25, 0.3) is 11.9 Å². The number of nitrogens with zero attached hydrogens (tertiary/aromatic N) is 5. The normalized spacial score (nSPS) is 11.4. The molecule has 0 fully saturated rings. The van der Waals surface area contributed by atoms with Crippen molar-refractivity contribution in [2.45, 2.75) is 33.1 Å². The molecular weight excluding hydrogens is 388 g/mol. The molecule has 0 aliphatic heterocycles. The van der Waals surface area contributed by atoms with Crippen molar-refractivity contribution < 1.29 is 4.79 Å². The van der Waals surface area contributed by atoms with Gasteiger partial charge in [0.1, 0.15) is 5.82 Å². The van der Waals surface area contributed by atoms with E-state index in [-0.39, 0.29) is 11.3 Å². The lowest BCUT2D eigenvalue weighted by molar-refractivity contribution is 0.102. The molecule has 4 aromatic rings. The molecule has 7 nitrogen and oxygen atoms in total. The SMILES string of the molecule is Cc1nc(-c2ccccc2)ccc1C(=O)Nc1cc(C(C)(C)C)nn1-c1ncccn1. The average Bonchev–Trinajstić information content (AvgIpc) is 3.19. The summed E-state index contributed by atoms with van der Waals surface area (Å²) in [6.45, 7) is 8.02. The summed E-state index contributed by atoms with van der Waals surface area (Å²) in [7, 11) is 0. The summed E-state index contributed by atoms with van der Waals surface area (Å²) < 4.78 is 1.56. The van der Waals surface area contributed by atoms with Crippen LogP contribution in [0.1, 0.15) is 42.5 Å². The van der Waals surface area contributed by atoms with Crippen molar-refractivity contribution in [1.82, 2.24) is 24.7 Å². The molecule has 0 radical (unpaired) electrons. The van der Waals surface area contributed by atoms with Crippen molar-refractivity contribution in [3.63, 3.8) is 0 Å². The van der Waals surface area contributed by atoms with Gasteiger partial charge in [-0.2, -0.15) is 9.78 Å². The zero-order chi connectivity index (χ0) is 22.0. The van der Waals surface area contributed by atoms with Crippen LogP contribution in [-0.4, -0.2) is 30.6 Å². The Labute approximate surface area is 181 Å². The predicted molar refractivity (Wildman–Crippen MR) is 120 cm³/mol. The molecule has 3 aromatic heterocycles. The van der Waals surface area contributed by atoms with Crippen LogP contribution < -0.4 is 5.32 Å². The van der Waals surface area contributed by atoms with Gasteiger partial charge < -0.3 is 5.32 Å². The Kier molecular flexibility index (Phi) is 5.33. The molecule has 1 aromatic carbocycles. The van der Waals surface area contributed by atoms with Crippen LogP contribution in [0.2, 0.25) is 0 Å². The Morgan fingerprint density at radius 3 is 2.32 bits per heavy atom. The first-order chi connectivity index (χ1) is 14.8. The Hall–Kier alpha value is -3.87. The van der Waals surface area contributed by atoms with Gasteiger partial charge in [-0.05, 0) is 25.1 Å². The van der Waals surface area contributed by atoms with Crippen molar-refractivity contribution in [3.05, 3.63) is 83.9 Å². The highest BCUT2D eigenvalue weighted by molar-refractivity contribution is 6.04. The van der Waals surface area contributed by atoms with Crippen LogP contribution >= 0.6 is 0 Å². The van der Waals surface area contributed by atoms with Crippen LogP contribution in [0, 0.1) is 6.92 Å². The van der Waals surface area contributed by atoms with Gasteiger partial charge in [0.15, 0.2) is 0 Å². The van der Waals surface area contributed by atoms with Crippen LogP contribution in [0.25, 0.3) is 17.2 Å². The quantitative estimate of drug-likeness (QED) is 0.530. The summed E-state index contributed by atoms with van der Waals surface area (Å²) in [6.07, 6.45) is 3.28. The molecule has 0 spiro atoms. The number of carbonyl (C=O) groups excluding carboxylic acids is 1. The monoisotopic (exact) mass is 412 g/mol. The summed E-state index contributed by atoms with van der Waals surface area (Å²) >= 11 is 0. The molecule has 4 rings (SSSR count). The molecule has 1 N–H and O–H groups in total. The minimum absolute atomic E-state index is 0.200. The lowest BCUT2D eigenvalue weighted by Gasteiger charge is -2.13. The van der Waals surface area contributed by atoms with Gasteiger partial charge in [-0.15, -0.1) is 0 Å². The van der Waals surface area contributed by atoms with E-state index >= 15 is 0 Å². The van der Waals surface area contributed by atoms with E-state index in [9.17, 15) is 4.79 Å². The topological polar surface area (TPSA) is 85.6 Å². The summed E-state index contributed by atoms with van der Waals surface area (Å²) in [6, 6.07) is 17.1. The van der Waals surface area contributed by atoms with E-state index in [1.807, 2.05) is 49.4 Å². The van der Waals surface area contributed by atoms with Gasteiger partial charge in [-0.25, -0.2) is 9.97 Å². The molecular formula is C24H24N6O. The van der Waals surface area contributed by atoms with E-state index in [2.05, 4.69) is 46.1 Å². The van der Waals surface area contributed by atoms with E-state index in [1.165, 1.54) is 0 Å². The van der Waals surface area contributed by atoms with Crippen LogP contribution in [0.4, 0.5) is 5.82 Å². The molecule has 0 atom stereocenters. The molecule has 0 saturated carbocycles. The number of benzene rings is 1. The standard InChI is InChI=1S/C24H24N6O/c1-16-18(11-12-19(27-16)17-9-6-5-7-10-17)22(31)28-21-15-20(24(2,3)4)29-30(21)23-25-13-8-14-26-23/h5-15H,1-4H3,(H,28,31). The molecule has 0 saturated heterocycles. The predicted octanol–water partition coefficient (Wildman–Crippen LogP) is 4.58. The lowest BCUT2D eigenvalue weighted by atomic mass is 9.92. The van der Waals surface area contributed by atoms with Gasteiger partial charge in [-0.1, -0.05) is 51.1 Å². The number of hydrogen-bond donors (Lipinski definition) is 1. The Bertz CT molecular complexity index is 1210. The van der Waals surface area contributed by atoms with Crippen LogP contribution in [0.15, 0.2) is 67.0 Å². The first kappa shape index (κ1) is 20.4. The first-order valence-corrected chi connectivity index (χ1v) is 10.1. The number of amides is 1. The fourth-order valence-corrected chi connectivity index (χ4v) is 3.14. The molecule has 31 heavy (non-hydrogen) atoms. The fourth-order valence-electron chi connectivity index (χ4n) is 3.14. The molecule has 0 aliphatic rings. The third-order valence-electron chi connectivity index (χ3n) is 4.86. The number of anilines is 1. The fraction of sp³-hybridized carbons (Fsp3) is 0.208. The van der Waals surface area contributed by atoms with Crippen LogP contribution in [-0.2, 0) is 5.41 Å². The Balaban J connectivity index is 1.66.